The van der Waals surface area contributed by atoms with E-state index in [-0.39, 0.29) is 17.7 Å². The number of aromatic nitrogens is 2. The predicted octanol–water partition coefficient (Wildman–Crippen LogP) is 3.56. The maximum absolute atomic E-state index is 12.9. The highest BCUT2D eigenvalue weighted by Crippen LogP contribution is 2.25. The van der Waals surface area contributed by atoms with Crippen LogP contribution in [0.3, 0.4) is 0 Å². The maximum Gasteiger partial charge on any atom is 0.259 e. The van der Waals surface area contributed by atoms with Crippen LogP contribution in [0.25, 0.3) is 5.69 Å². The van der Waals surface area contributed by atoms with Crippen molar-refractivity contribution >= 4 is 29.2 Å². The quantitative estimate of drug-likeness (QED) is 0.751. The summed E-state index contributed by atoms with van der Waals surface area (Å²) in [6, 6.07) is 9.36. The highest BCUT2D eigenvalue weighted by atomic mass is 35.5. The van der Waals surface area contributed by atoms with Crippen molar-refractivity contribution in [2.75, 3.05) is 24.3 Å². The summed E-state index contributed by atoms with van der Waals surface area (Å²) in [5.41, 5.74) is 0.337. The van der Waals surface area contributed by atoms with Crippen LogP contribution in [0.5, 0.6) is 0 Å². The number of rotatable bonds is 7. The van der Waals surface area contributed by atoms with Gasteiger partial charge in [0.1, 0.15) is 11.4 Å². The molecule has 2 rings (SSSR count). The lowest BCUT2D eigenvalue weighted by Gasteiger charge is -2.23. The third kappa shape index (κ3) is 4.07. The summed E-state index contributed by atoms with van der Waals surface area (Å²) >= 11 is 5.92. The SMILES string of the molecule is CCN(CC)C(=O)c1cnn(-c2ccccc2)c1NC(=O)C(C)(C)CCl. The van der Waals surface area contributed by atoms with Gasteiger partial charge in [0, 0.05) is 19.0 Å². The molecule has 1 N–H and O–H groups in total. The van der Waals surface area contributed by atoms with Crippen LogP contribution in [0.1, 0.15) is 38.1 Å². The molecule has 0 unspecified atom stereocenters. The maximum atomic E-state index is 12.9. The van der Waals surface area contributed by atoms with Crippen LogP contribution in [0.15, 0.2) is 36.5 Å². The molecule has 0 fully saturated rings. The van der Waals surface area contributed by atoms with Gasteiger partial charge in [-0.25, -0.2) is 4.68 Å². The van der Waals surface area contributed by atoms with E-state index >= 15 is 0 Å². The zero-order valence-electron chi connectivity index (χ0n) is 15.6. The second kappa shape index (κ2) is 8.36. The first kappa shape index (κ1) is 20.0. The first-order valence-electron chi connectivity index (χ1n) is 8.65. The molecule has 0 bridgehead atoms. The third-order valence-corrected chi connectivity index (χ3v) is 4.90. The number of amides is 2. The van der Waals surface area contributed by atoms with Crippen molar-refractivity contribution in [1.29, 1.82) is 0 Å². The molecule has 1 aromatic heterocycles. The molecule has 0 aliphatic rings. The van der Waals surface area contributed by atoms with Gasteiger partial charge in [-0.3, -0.25) is 9.59 Å². The van der Waals surface area contributed by atoms with Gasteiger partial charge in [-0.1, -0.05) is 18.2 Å². The van der Waals surface area contributed by atoms with Gasteiger partial charge in [0.05, 0.1) is 17.3 Å². The van der Waals surface area contributed by atoms with Gasteiger partial charge >= 0.3 is 0 Å². The molecule has 0 aliphatic heterocycles. The van der Waals surface area contributed by atoms with Crippen LogP contribution in [0.2, 0.25) is 0 Å². The number of carbonyl (C=O) groups excluding carboxylic acids is 2. The van der Waals surface area contributed by atoms with Gasteiger partial charge in [0.25, 0.3) is 5.91 Å². The molecule has 0 radical (unpaired) electrons. The minimum absolute atomic E-state index is 0.164. The molecule has 7 heteroatoms. The molecule has 1 heterocycles. The summed E-state index contributed by atoms with van der Waals surface area (Å²) < 4.78 is 1.57. The Morgan fingerprint density at radius 3 is 2.35 bits per heavy atom. The molecule has 0 atom stereocenters. The van der Waals surface area contributed by atoms with Crippen molar-refractivity contribution < 1.29 is 9.59 Å². The minimum Gasteiger partial charge on any atom is -0.339 e. The summed E-state index contributed by atoms with van der Waals surface area (Å²) in [5, 5.41) is 7.20. The number of hydrogen-bond donors (Lipinski definition) is 1. The molecule has 2 aromatic rings. The molecular formula is C19H25ClN4O2. The highest BCUT2D eigenvalue weighted by molar-refractivity contribution is 6.20. The van der Waals surface area contributed by atoms with E-state index in [0.717, 1.165) is 5.69 Å². The van der Waals surface area contributed by atoms with Crippen molar-refractivity contribution in [2.24, 2.45) is 5.41 Å². The van der Waals surface area contributed by atoms with E-state index in [1.807, 2.05) is 44.2 Å². The summed E-state index contributed by atoms with van der Waals surface area (Å²) in [5.74, 6) is 0.0868. The third-order valence-electron chi connectivity index (χ3n) is 4.23. The highest BCUT2D eigenvalue weighted by Gasteiger charge is 2.30. The first-order chi connectivity index (χ1) is 12.4. The van der Waals surface area contributed by atoms with Crippen molar-refractivity contribution in [3.8, 4) is 5.69 Å². The Bertz CT molecular complexity index is 767. The van der Waals surface area contributed by atoms with Gasteiger partial charge in [0.15, 0.2) is 0 Å². The van der Waals surface area contributed by atoms with E-state index in [4.69, 9.17) is 11.6 Å². The lowest BCUT2D eigenvalue weighted by Crippen LogP contribution is -2.35. The van der Waals surface area contributed by atoms with E-state index < -0.39 is 5.41 Å². The van der Waals surface area contributed by atoms with Crippen molar-refractivity contribution in [2.45, 2.75) is 27.7 Å². The Hall–Kier alpha value is -2.34. The number of alkyl halides is 1. The summed E-state index contributed by atoms with van der Waals surface area (Å²) in [7, 11) is 0. The fraction of sp³-hybridized carbons (Fsp3) is 0.421. The molecule has 0 saturated heterocycles. The molecule has 1 aromatic carbocycles. The van der Waals surface area contributed by atoms with Crippen molar-refractivity contribution in [3.63, 3.8) is 0 Å². The molecule has 140 valence electrons. The Labute approximate surface area is 159 Å². The number of para-hydroxylation sites is 1. The van der Waals surface area contributed by atoms with E-state index in [2.05, 4.69) is 10.4 Å². The fourth-order valence-electron chi connectivity index (χ4n) is 2.41. The monoisotopic (exact) mass is 376 g/mol. The standard InChI is InChI=1S/C19H25ClN4O2/c1-5-23(6-2)17(25)15-12-21-24(14-10-8-7-9-11-14)16(15)22-18(26)19(3,4)13-20/h7-12H,5-6,13H2,1-4H3,(H,22,26). The molecule has 6 nitrogen and oxygen atoms in total. The topological polar surface area (TPSA) is 67.2 Å². The van der Waals surface area contributed by atoms with Gasteiger partial charge in [-0.15, -0.1) is 11.6 Å². The van der Waals surface area contributed by atoms with E-state index in [9.17, 15) is 9.59 Å². The Morgan fingerprint density at radius 1 is 1.19 bits per heavy atom. The van der Waals surface area contributed by atoms with E-state index in [0.29, 0.717) is 24.5 Å². The smallest absolute Gasteiger partial charge is 0.259 e. The lowest BCUT2D eigenvalue weighted by molar-refractivity contribution is -0.123. The van der Waals surface area contributed by atoms with E-state index in [1.54, 1.807) is 23.4 Å². The predicted molar refractivity (Wildman–Crippen MR) is 104 cm³/mol. The number of benzene rings is 1. The molecule has 0 saturated carbocycles. The lowest BCUT2D eigenvalue weighted by atomic mass is 9.95. The van der Waals surface area contributed by atoms with Gasteiger partial charge < -0.3 is 10.2 Å². The van der Waals surface area contributed by atoms with E-state index in [1.165, 1.54) is 6.20 Å². The van der Waals surface area contributed by atoms with Gasteiger partial charge in [0.2, 0.25) is 5.91 Å². The van der Waals surface area contributed by atoms with Crippen LogP contribution >= 0.6 is 11.6 Å². The summed E-state index contributed by atoms with van der Waals surface area (Å²) in [6.07, 6.45) is 1.50. The average molecular weight is 377 g/mol. The average Bonchev–Trinajstić information content (AvgIpc) is 3.06. The normalized spacial score (nSPS) is 11.3. The second-order valence-electron chi connectivity index (χ2n) is 6.60. The largest absolute Gasteiger partial charge is 0.339 e. The Kier molecular flexibility index (Phi) is 6.42. The molecular weight excluding hydrogens is 352 g/mol. The molecule has 26 heavy (non-hydrogen) atoms. The number of anilines is 1. The van der Waals surface area contributed by atoms with Crippen molar-refractivity contribution in [3.05, 3.63) is 42.1 Å². The molecule has 0 spiro atoms. The Morgan fingerprint density at radius 2 is 1.81 bits per heavy atom. The number of halogens is 1. The number of carbonyl (C=O) groups is 2. The van der Waals surface area contributed by atoms with Crippen LogP contribution < -0.4 is 5.32 Å². The number of hydrogen-bond acceptors (Lipinski definition) is 3. The molecule has 0 aliphatic carbocycles. The number of nitrogens with zero attached hydrogens (tertiary/aromatic N) is 3. The zero-order chi connectivity index (χ0) is 19.3. The van der Waals surface area contributed by atoms with Crippen LogP contribution in [0, 0.1) is 5.41 Å². The van der Waals surface area contributed by atoms with Gasteiger partial charge in [-0.2, -0.15) is 5.10 Å². The summed E-state index contributed by atoms with van der Waals surface area (Å²) in [4.78, 5) is 27.2. The Balaban J connectivity index is 2.51. The van der Waals surface area contributed by atoms with Crippen molar-refractivity contribution in [1.82, 2.24) is 14.7 Å². The van der Waals surface area contributed by atoms with Crippen LogP contribution in [-0.4, -0.2) is 45.5 Å². The second-order valence-corrected chi connectivity index (χ2v) is 6.87. The van der Waals surface area contributed by atoms with Gasteiger partial charge in [-0.05, 0) is 39.8 Å². The summed E-state index contributed by atoms with van der Waals surface area (Å²) in [6.45, 7) is 8.49. The number of nitrogens with one attached hydrogen (secondary N) is 1. The fourth-order valence-corrected chi connectivity index (χ4v) is 2.53. The first-order valence-corrected chi connectivity index (χ1v) is 9.19. The zero-order valence-corrected chi connectivity index (χ0v) is 16.4. The molecule has 2 amide bonds. The van der Waals surface area contributed by atoms with Crippen LogP contribution in [-0.2, 0) is 4.79 Å². The van der Waals surface area contributed by atoms with Crippen LogP contribution in [0.4, 0.5) is 5.82 Å². The minimum atomic E-state index is -0.775.